The van der Waals surface area contributed by atoms with Crippen molar-refractivity contribution in [2.45, 2.75) is 36.4 Å². The third-order valence-electron chi connectivity index (χ3n) is 5.64. The number of allylic oxidation sites excluding steroid dienone is 4. The summed E-state index contributed by atoms with van der Waals surface area (Å²) in [5.41, 5.74) is 1.50. The first kappa shape index (κ1) is 16.5. The van der Waals surface area contributed by atoms with E-state index in [0.29, 0.717) is 0 Å². The lowest BCUT2D eigenvalue weighted by Gasteiger charge is -2.38. The average molecular weight is 377 g/mol. The molecule has 0 aromatic heterocycles. The molecule has 0 radical (unpaired) electrons. The van der Waals surface area contributed by atoms with Crippen LogP contribution in [0.1, 0.15) is 36.8 Å². The molecule has 24 heavy (non-hydrogen) atoms. The van der Waals surface area contributed by atoms with Crippen LogP contribution in [0.5, 0.6) is 0 Å². The summed E-state index contributed by atoms with van der Waals surface area (Å²) in [7, 11) is 0. The van der Waals surface area contributed by atoms with Gasteiger partial charge in [-0.15, -0.1) is 23.2 Å². The summed E-state index contributed by atoms with van der Waals surface area (Å²) in [4.78, 5) is 0. The Bertz CT molecular complexity index is 751. The molecule has 3 aliphatic rings. The Morgan fingerprint density at radius 3 is 1.46 bits per heavy atom. The van der Waals surface area contributed by atoms with E-state index < -0.39 is 45.9 Å². The van der Waals surface area contributed by atoms with Gasteiger partial charge in [-0.3, -0.25) is 0 Å². The molecule has 128 valence electrons. The van der Waals surface area contributed by atoms with Crippen molar-refractivity contribution in [2.75, 3.05) is 0 Å². The Hall–Kier alpha value is -1.00. The van der Waals surface area contributed by atoms with Crippen molar-refractivity contribution in [3.05, 3.63) is 57.7 Å². The number of fused-ring (bicyclic) bond motifs is 8. The van der Waals surface area contributed by atoms with Gasteiger partial charge in [-0.25, -0.2) is 17.6 Å². The maximum Gasteiger partial charge on any atom is 0.197 e. The predicted molar refractivity (Wildman–Crippen MR) is 85.5 cm³/mol. The third-order valence-corrected chi connectivity index (χ3v) is 6.51. The van der Waals surface area contributed by atoms with Crippen LogP contribution in [0.3, 0.4) is 0 Å². The van der Waals surface area contributed by atoms with Crippen LogP contribution in [-0.4, -0.2) is 10.8 Å². The predicted octanol–water partition coefficient (Wildman–Crippen LogP) is 5.79. The maximum atomic E-state index is 14.5. The van der Waals surface area contributed by atoms with Gasteiger partial charge in [0.1, 0.15) is 0 Å². The summed E-state index contributed by atoms with van der Waals surface area (Å²) in [6, 6.07) is 0. The van der Waals surface area contributed by atoms with Gasteiger partial charge in [0.25, 0.3) is 0 Å². The Labute approximate surface area is 147 Å². The van der Waals surface area contributed by atoms with Crippen LogP contribution >= 0.6 is 23.2 Å². The minimum absolute atomic E-state index is 0.0846. The number of hydrogen-bond acceptors (Lipinski definition) is 0. The molecule has 0 spiro atoms. The lowest BCUT2D eigenvalue weighted by molar-refractivity contribution is 0.303. The second-order valence-electron chi connectivity index (χ2n) is 6.92. The van der Waals surface area contributed by atoms with E-state index in [1.807, 2.05) is 13.8 Å². The molecule has 0 unspecified atom stereocenters. The Morgan fingerprint density at radius 2 is 1.12 bits per heavy atom. The van der Waals surface area contributed by atoms with Crippen molar-refractivity contribution in [3.8, 4) is 0 Å². The fourth-order valence-electron chi connectivity index (χ4n) is 4.91. The molecular weight excluding hydrogens is 363 g/mol. The van der Waals surface area contributed by atoms with Gasteiger partial charge in [0.15, 0.2) is 23.3 Å². The summed E-state index contributed by atoms with van der Waals surface area (Å²) in [6.45, 7) is 3.67. The zero-order chi connectivity index (χ0) is 17.5. The first-order valence-corrected chi connectivity index (χ1v) is 8.64. The van der Waals surface area contributed by atoms with Gasteiger partial charge in [-0.1, -0.05) is 23.3 Å². The molecule has 0 amide bonds. The molecule has 1 aromatic rings. The highest BCUT2D eigenvalue weighted by molar-refractivity contribution is 6.24. The van der Waals surface area contributed by atoms with E-state index >= 15 is 0 Å². The number of hydrogen-bond donors (Lipinski definition) is 0. The smallest absolute Gasteiger partial charge is 0.197 e. The summed E-state index contributed by atoms with van der Waals surface area (Å²) < 4.78 is 56.7. The first-order chi connectivity index (χ1) is 11.3. The number of benzene rings is 1. The van der Waals surface area contributed by atoms with Gasteiger partial charge in [0, 0.05) is 23.0 Å². The van der Waals surface area contributed by atoms with Crippen molar-refractivity contribution < 1.29 is 17.6 Å². The SMILES string of the molecule is CC(C)=C1[C@H]2c3c(F)c(F)c(F)c(F)c3[C@H]1[C@H]1[C@H]2[C@H](Cl)C=C[C@H]1Cl. The van der Waals surface area contributed by atoms with Crippen molar-refractivity contribution in [1.82, 2.24) is 0 Å². The molecule has 1 fully saturated rings. The Kier molecular flexibility index (Phi) is 3.60. The van der Waals surface area contributed by atoms with E-state index in [4.69, 9.17) is 23.2 Å². The van der Waals surface area contributed by atoms with Crippen molar-refractivity contribution in [3.63, 3.8) is 0 Å². The van der Waals surface area contributed by atoms with Gasteiger partial charge < -0.3 is 0 Å². The van der Waals surface area contributed by atoms with E-state index in [9.17, 15) is 17.6 Å². The summed E-state index contributed by atoms with van der Waals surface area (Å²) in [6.07, 6.45) is 3.50. The second kappa shape index (κ2) is 5.25. The first-order valence-electron chi connectivity index (χ1n) is 7.76. The van der Waals surface area contributed by atoms with Crippen molar-refractivity contribution in [1.29, 1.82) is 0 Å². The van der Waals surface area contributed by atoms with Crippen LogP contribution in [0, 0.1) is 35.1 Å². The lowest BCUT2D eigenvalue weighted by atomic mass is 9.70. The van der Waals surface area contributed by atoms with Gasteiger partial charge >= 0.3 is 0 Å². The van der Waals surface area contributed by atoms with Crippen LogP contribution in [0.15, 0.2) is 23.3 Å². The van der Waals surface area contributed by atoms with Crippen LogP contribution in [0.4, 0.5) is 17.6 Å². The molecule has 6 heteroatoms. The molecule has 0 N–H and O–H groups in total. The molecule has 0 heterocycles. The minimum Gasteiger partial charge on any atom is -0.203 e. The maximum absolute atomic E-state index is 14.5. The van der Waals surface area contributed by atoms with E-state index in [0.717, 1.165) is 11.1 Å². The van der Waals surface area contributed by atoms with Crippen LogP contribution in [0.25, 0.3) is 0 Å². The number of halogens is 6. The second-order valence-corrected chi connectivity index (χ2v) is 7.93. The van der Waals surface area contributed by atoms with Crippen LogP contribution in [-0.2, 0) is 0 Å². The fraction of sp³-hybridized carbons (Fsp3) is 0.444. The van der Waals surface area contributed by atoms with Gasteiger partial charge in [-0.2, -0.15) is 0 Å². The van der Waals surface area contributed by atoms with Crippen LogP contribution < -0.4 is 0 Å². The molecule has 0 saturated heterocycles. The van der Waals surface area contributed by atoms with Crippen molar-refractivity contribution in [2.24, 2.45) is 11.8 Å². The zero-order valence-corrected chi connectivity index (χ0v) is 14.4. The van der Waals surface area contributed by atoms with Gasteiger partial charge in [-0.05, 0) is 25.7 Å². The quantitative estimate of drug-likeness (QED) is 0.177. The monoisotopic (exact) mass is 376 g/mol. The molecule has 0 nitrogen and oxygen atoms in total. The highest BCUT2D eigenvalue weighted by Crippen LogP contribution is 2.68. The number of alkyl halides is 2. The molecule has 1 saturated carbocycles. The Morgan fingerprint density at radius 1 is 0.750 bits per heavy atom. The van der Waals surface area contributed by atoms with Crippen LogP contribution in [0.2, 0.25) is 0 Å². The molecule has 2 bridgehead atoms. The van der Waals surface area contributed by atoms with E-state index in [2.05, 4.69) is 0 Å². The zero-order valence-electron chi connectivity index (χ0n) is 12.9. The minimum atomic E-state index is -1.76. The lowest BCUT2D eigenvalue weighted by Crippen LogP contribution is -2.37. The fourth-order valence-corrected chi connectivity index (χ4v) is 5.70. The Balaban J connectivity index is 2.07. The molecule has 1 aromatic carbocycles. The number of rotatable bonds is 0. The highest BCUT2D eigenvalue weighted by atomic mass is 35.5. The highest BCUT2D eigenvalue weighted by Gasteiger charge is 2.61. The molecule has 3 aliphatic carbocycles. The van der Waals surface area contributed by atoms with E-state index in [1.54, 1.807) is 12.2 Å². The standard InChI is InChI=1S/C18H14Cl2F4/c1-5(2)8-11-9-6(19)3-4-7(20)10(9)12(8)14-13(11)15(21)17(23)18(24)16(14)22/h3-4,6-7,9-12H,1-2H3/t6-,7-,9-,10-,11-,12-/m1/s1. The topological polar surface area (TPSA) is 0 Å². The molecular formula is C18H14Cl2F4. The summed E-state index contributed by atoms with van der Waals surface area (Å²) in [5.74, 6) is -7.81. The normalized spacial score (nSPS) is 36.1. The molecule has 6 atom stereocenters. The average Bonchev–Trinajstić information content (AvgIpc) is 3.06. The largest absolute Gasteiger partial charge is 0.203 e. The van der Waals surface area contributed by atoms with Crippen molar-refractivity contribution >= 4 is 23.2 Å². The third kappa shape index (κ3) is 1.82. The van der Waals surface area contributed by atoms with E-state index in [1.165, 1.54) is 0 Å². The van der Waals surface area contributed by atoms with Gasteiger partial charge in [0.05, 0.1) is 10.8 Å². The van der Waals surface area contributed by atoms with E-state index in [-0.39, 0.29) is 23.0 Å². The molecule has 0 aliphatic heterocycles. The van der Waals surface area contributed by atoms with Gasteiger partial charge in [0.2, 0.25) is 0 Å². The summed E-state index contributed by atoms with van der Waals surface area (Å²) in [5, 5.41) is -0.837. The molecule has 4 rings (SSSR count). The summed E-state index contributed by atoms with van der Waals surface area (Å²) >= 11 is 12.8.